The highest BCUT2D eigenvalue weighted by molar-refractivity contribution is 5.91. The van der Waals surface area contributed by atoms with Gasteiger partial charge in [0.05, 0.1) is 18.4 Å². The lowest BCUT2D eigenvalue weighted by molar-refractivity contribution is 0.0525. The molecule has 0 saturated carbocycles. The Morgan fingerprint density at radius 2 is 1.71 bits per heavy atom. The minimum Gasteiger partial charge on any atom is -0.462 e. The van der Waals surface area contributed by atoms with Crippen molar-refractivity contribution in [1.82, 2.24) is 4.57 Å². The van der Waals surface area contributed by atoms with E-state index in [4.69, 9.17) is 15.3 Å². The number of benzene rings is 3. The fraction of sp³-hybridized carbons (Fsp3) is 0.143. The van der Waals surface area contributed by atoms with Gasteiger partial charge in [-0.15, -0.1) is 0 Å². The van der Waals surface area contributed by atoms with Crippen LogP contribution in [-0.2, 0) is 17.7 Å². The molecule has 6 nitrogen and oxygen atoms in total. The molecule has 34 heavy (non-hydrogen) atoms. The average Bonchev–Trinajstić information content (AvgIpc) is 3.24. The molecule has 0 atom stereocenters. The van der Waals surface area contributed by atoms with E-state index in [1.54, 1.807) is 6.21 Å². The van der Waals surface area contributed by atoms with Gasteiger partial charge in [-0.2, -0.15) is 5.10 Å². The second-order valence-electron chi connectivity index (χ2n) is 7.85. The molecule has 4 aromatic rings. The molecule has 4 rings (SSSR count). The summed E-state index contributed by atoms with van der Waals surface area (Å²) in [5.41, 5.74) is 4.55. The van der Waals surface area contributed by atoms with Crippen LogP contribution in [0, 0.1) is 0 Å². The van der Waals surface area contributed by atoms with Crippen molar-refractivity contribution in [3.05, 3.63) is 119 Å². The van der Waals surface area contributed by atoms with Crippen molar-refractivity contribution in [2.24, 2.45) is 10.9 Å². The number of esters is 1. The van der Waals surface area contributed by atoms with Crippen molar-refractivity contribution in [2.75, 3.05) is 6.61 Å². The van der Waals surface area contributed by atoms with Crippen LogP contribution in [0.4, 0.5) is 0 Å². The van der Waals surface area contributed by atoms with Gasteiger partial charge < -0.3 is 19.9 Å². The summed E-state index contributed by atoms with van der Waals surface area (Å²) >= 11 is 0. The third kappa shape index (κ3) is 5.92. The van der Waals surface area contributed by atoms with E-state index in [0.717, 1.165) is 33.8 Å². The molecule has 172 valence electrons. The van der Waals surface area contributed by atoms with Crippen LogP contribution in [0.25, 0.3) is 0 Å². The fourth-order valence-electron chi connectivity index (χ4n) is 3.77. The van der Waals surface area contributed by atoms with E-state index in [9.17, 15) is 4.79 Å². The first-order valence-electron chi connectivity index (χ1n) is 11.1. The molecule has 1 aromatic heterocycles. The fourth-order valence-corrected chi connectivity index (χ4v) is 3.77. The summed E-state index contributed by atoms with van der Waals surface area (Å²) in [6.07, 6.45) is 6.06. The highest BCUT2D eigenvalue weighted by Gasteiger charge is 2.16. The number of hydrazone groups is 1. The summed E-state index contributed by atoms with van der Waals surface area (Å²) in [6, 6.07) is 25.5. The van der Waals surface area contributed by atoms with E-state index in [2.05, 4.69) is 5.10 Å². The normalized spacial score (nSPS) is 11.0. The monoisotopic (exact) mass is 453 g/mol. The molecular weight excluding hydrogens is 426 g/mol. The van der Waals surface area contributed by atoms with E-state index >= 15 is 0 Å². The minimum atomic E-state index is -0.317. The smallest absolute Gasteiger partial charge is 0.339 e. The standard InChI is InChI=1S/C28H27N3O3/c1-2-33-28(32)27-20-31(19-24(27)16-22-7-6-8-23(15-22)17-30-29)18-21-11-13-26(14-12-21)34-25-9-4-3-5-10-25/h3-15,17,19-20H,2,16,18,29H2,1H3/b30-17-. The number of nitrogens with zero attached hydrogens (tertiary/aromatic N) is 2. The van der Waals surface area contributed by atoms with Crippen molar-refractivity contribution < 1.29 is 14.3 Å². The van der Waals surface area contributed by atoms with Gasteiger partial charge in [0.25, 0.3) is 0 Å². The Labute approximate surface area is 199 Å². The number of aromatic nitrogens is 1. The number of hydrogen-bond donors (Lipinski definition) is 1. The van der Waals surface area contributed by atoms with Crippen molar-refractivity contribution in [1.29, 1.82) is 0 Å². The number of para-hydroxylation sites is 1. The number of nitrogens with two attached hydrogens (primary N) is 1. The van der Waals surface area contributed by atoms with E-state index < -0.39 is 0 Å². The molecule has 3 aromatic carbocycles. The molecule has 0 bridgehead atoms. The average molecular weight is 454 g/mol. The highest BCUT2D eigenvalue weighted by atomic mass is 16.5. The molecule has 0 spiro atoms. The van der Waals surface area contributed by atoms with Crippen LogP contribution < -0.4 is 10.6 Å². The highest BCUT2D eigenvalue weighted by Crippen LogP contribution is 2.23. The van der Waals surface area contributed by atoms with Gasteiger partial charge in [-0.3, -0.25) is 0 Å². The predicted molar refractivity (Wildman–Crippen MR) is 133 cm³/mol. The van der Waals surface area contributed by atoms with Crippen LogP contribution in [0.5, 0.6) is 11.5 Å². The van der Waals surface area contributed by atoms with E-state index in [0.29, 0.717) is 25.1 Å². The van der Waals surface area contributed by atoms with Crippen molar-refractivity contribution >= 4 is 12.2 Å². The SMILES string of the molecule is CCOC(=O)c1cn(Cc2ccc(Oc3ccccc3)cc2)cc1Cc1cccc(/C=N\N)c1. The zero-order chi connectivity index (χ0) is 23.8. The van der Waals surface area contributed by atoms with Crippen LogP contribution in [0.15, 0.2) is 96.4 Å². The second kappa shape index (κ2) is 11.0. The second-order valence-corrected chi connectivity index (χ2v) is 7.85. The molecule has 0 unspecified atom stereocenters. The lowest BCUT2D eigenvalue weighted by Gasteiger charge is -2.07. The van der Waals surface area contributed by atoms with Crippen LogP contribution in [0.2, 0.25) is 0 Å². The zero-order valence-corrected chi connectivity index (χ0v) is 19.1. The van der Waals surface area contributed by atoms with Gasteiger partial charge in [-0.05, 0) is 65.9 Å². The van der Waals surface area contributed by atoms with Gasteiger partial charge in [0.2, 0.25) is 0 Å². The van der Waals surface area contributed by atoms with E-state index in [-0.39, 0.29) is 5.97 Å². The summed E-state index contributed by atoms with van der Waals surface area (Å²) in [4.78, 5) is 12.6. The molecule has 0 aliphatic carbocycles. The predicted octanol–water partition coefficient (Wildman–Crippen LogP) is 5.39. The molecule has 1 heterocycles. The maximum atomic E-state index is 12.6. The van der Waals surface area contributed by atoms with Crippen molar-refractivity contribution in [3.8, 4) is 11.5 Å². The summed E-state index contributed by atoms with van der Waals surface area (Å²) < 4.78 is 13.2. The maximum absolute atomic E-state index is 12.6. The number of carbonyl (C=O) groups excluding carboxylic acids is 1. The Kier molecular flexibility index (Phi) is 7.40. The van der Waals surface area contributed by atoms with Gasteiger partial charge in [-0.1, -0.05) is 48.5 Å². The van der Waals surface area contributed by atoms with Gasteiger partial charge in [0.1, 0.15) is 11.5 Å². The molecule has 2 N–H and O–H groups in total. The number of ether oxygens (including phenoxy) is 2. The molecule has 0 aliphatic heterocycles. The first kappa shape index (κ1) is 22.9. The van der Waals surface area contributed by atoms with Crippen LogP contribution in [-0.4, -0.2) is 23.4 Å². The van der Waals surface area contributed by atoms with Gasteiger partial charge in [0, 0.05) is 18.9 Å². The van der Waals surface area contributed by atoms with Crippen LogP contribution >= 0.6 is 0 Å². The number of rotatable bonds is 9. The largest absolute Gasteiger partial charge is 0.462 e. The van der Waals surface area contributed by atoms with E-state index in [1.165, 1.54) is 0 Å². The maximum Gasteiger partial charge on any atom is 0.339 e. The number of hydrogen-bond acceptors (Lipinski definition) is 5. The summed E-state index contributed by atoms with van der Waals surface area (Å²) in [7, 11) is 0. The number of carbonyl (C=O) groups is 1. The van der Waals surface area contributed by atoms with Crippen LogP contribution in [0.3, 0.4) is 0 Å². The van der Waals surface area contributed by atoms with Crippen molar-refractivity contribution in [3.63, 3.8) is 0 Å². The van der Waals surface area contributed by atoms with Gasteiger partial charge in [-0.25, -0.2) is 4.79 Å². The Bertz CT molecular complexity index is 1260. The molecule has 0 aliphatic rings. The molecular formula is C28H27N3O3. The third-order valence-electron chi connectivity index (χ3n) is 5.29. The van der Waals surface area contributed by atoms with Gasteiger partial charge in [0.15, 0.2) is 0 Å². The Morgan fingerprint density at radius 3 is 2.44 bits per heavy atom. The van der Waals surface area contributed by atoms with Crippen LogP contribution in [0.1, 0.15) is 39.5 Å². The lowest BCUT2D eigenvalue weighted by atomic mass is 10.0. The quantitative estimate of drug-likeness (QED) is 0.160. The first-order valence-corrected chi connectivity index (χ1v) is 11.1. The van der Waals surface area contributed by atoms with Gasteiger partial charge >= 0.3 is 5.97 Å². The molecule has 0 radical (unpaired) electrons. The lowest BCUT2D eigenvalue weighted by Crippen LogP contribution is -2.06. The first-order chi connectivity index (χ1) is 16.6. The third-order valence-corrected chi connectivity index (χ3v) is 5.29. The summed E-state index contributed by atoms with van der Waals surface area (Å²) in [5.74, 6) is 6.54. The van der Waals surface area contributed by atoms with Crippen molar-refractivity contribution in [2.45, 2.75) is 19.9 Å². The molecule has 0 amide bonds. The topological polar surface area (TPSA) is 78.8 Å². The summed E-state index contributed by atoms with van der Waals surface area (Å²) in [6.45, 7) is 2.76. The molecule has 6 heteroatoms. The Morgan fingerprint density at radius 1 is 0.941 bits per heavy atom. The van der Waals surface area contributed by atoms with E-state index in [1.807, 2.05) is 103 Å². The Balaban J connectivity index is 1.53. The Hall–Kier alpha value is -4.32. The zero-order valence-electron chi connectivity index (χ0n) is 19.1. The molecule has 0 saturated heterocycles. The summed E-state index contributed by atoms with van der Waals surface area (Å²) in [5, 5.41) is 3.59. The minimum absolute atomic E-state index is 0.317. The molecule has 0 fully saturated rings.